The first-order valence-electron chi connectivity index (χ1n) is 8.45. The fourth-order valence-electron chi connectivity index (χ4n) is 3.40. The van der Waals surface area contributed by atoms with E-state index in [-0.39, 0.29) is 6.04 Å². The standard InChI is InChI=1S/C18H23ClN2O2S/c1-2-13-21(14-9-11-20-12-10-14)24(22,23)18-8-7-17(19)15-5-3-4-6-16(15)18/h3-8,14,20H,2,9-13H2,1H3. The zero-order valence-electron chi connectivity index (χ0n) is 13.8. The second kappa shape index (κ2) is 7.40. The molecule has 4 nitrogen and oxygen atoms in total. The van der Waals surface area contributed by atoms with E-state index in [1.54, 1.807) is 16.4 Å². The first-order chi connectivity index (χ1) is 11.6. The molecule has 3 rings (SSSR count). The summed E-state index contributed by atoms with van der Waals surface area (Å²) in [6.45, 7) is 4.29. The minimum Gasteiger partial charge on any atom is -0.317 e. The van der Waals surface area contributed by atoms with Crippen LogP contribution in [0.2, 0.25) is 5.02 Å². The van der Waals surface area contributed by atoms with E-state index in [1.165, 1.54) is 0 Å². The second-order valence-corrected chi connectivity index (χ2v) is 8.45. The van der Waals surface area contributed by atoms with Crippen molar-refractivity contribution in [3.8, 4) is 0 Å². The van der Waals surface area contributed by atoms with E-state index < -0.39 is 10.0 Å². The Bertz CT molecular complexity index is 817. The van der Waals surface area contributed by atoms with Gasteiger partial charge in [-0.1, -0.05) is 42.8 Å². The Balaban J connectivity index is 2.09. The van der Waals surface area contributed by atoms with Crippen LogP contribution in [-0.4, -0.2) is 38.4 Å². The number of halogens is 1. The molecule has 1 aliphatic rings. The Morgan fingerprint density at radius 3 is 2.46 bits per heavy atom. The lowest BCUT2D eigenvalue weighted by atomic mass is 10.1. The minimum atomic E-state index is -3.56. The summed E-state index contributed by atoms with van der Waals surface area (Å²) in [7, 11) is -3.56. The number of rotatable bonds is 5. The summed E-state index contributed by atoms with van der Waals surface area (Å²) in [5.41, 5.74) is 0. The molecule has 0 bridgehead atoms. The number of piperidine rings is 1. The average Bonchev–Trinajstić information content (AvgIpc) is 2.60. The van der Waals surface area contributed by atoms with Crippen molar-refractivity contribution in [2.45, 2.75) is 37.1 Å². The van der Waals surface area contributed by atoms with E-state index in [1.807, 2.05) is 31.2 Å². The number of benzene rings is 2. The molecule has 0 aromatic heterocycles. The molecule has 130 valence electrons. The first-order valence-corrected chi connectivity index (χ1v) is 10.3. The summed E-state index contributed by atoms with van der Waals surface area (Å²) >= 11 is 6.25. The van der Waals surface area contributed by atoms with Crippen molar-refractivity contribution in [2.24, 2.45) is 0 Å². The molecule has 1 saturated heterocycles. The van der Waals surface area contributed by atoms with Crippen LogP contribution in [0.5, 0.6) is 0 Å². The van der Waals surface area contributed by atoms with Gasteiger partial charge in [0.1, 0.15) is 0 Å². The van der Waals surface area contributed by atoms with Gasteiger partial charge >= 0.3 is 0 Å². The molecule has 2 aromatic rings. The molecule has 0 spiro atoms. The van der Waals surface area contributed by atoms with Crippen molar-refractivity contribution >= 4 is 32.4 Å². The predicted octanol–water partition coefficient (Wildman–Crippen LogP) is 3.65. The Labute approximate surface area is 148 Å². The van der Waals surface area contributed by atoms with Gasteiger partial charge in [0.2, 0.25) is 10.0 Å². The van der Waals surface area contributed by atoms with Crippen LogP contribution in [0.1, 0.15) is 26.2 Å². The van der Waals surface area contributed by atoms with Gasteiger partial charge < -0.3 is 5.32 Å². The molecule has 0 amide bonds. The maximum atomic E-state index is 13.4. The Morgan fingerprint density at radius 1 is 1.12 bits per heavy atom. The molecule has 1 aliphatic heterocycles. The van der Waals surface area contributed by atoms with Gasteiger partial charge in [-0.05, 0) is 44.5 Å². The van der Waals surface area contributed by atoms with Crippen LogP contribution in [0, 0.1) is 0 Å². The predicted molar refractivity (Wildman–Crippen MR) is 99.0 cm³/mol. The zero-order valence-corrected chi connectivity index (χ0v) is 15.4. The van der Waals surface area contributed by atoms with E-state index in [2.05, 4.69) is 5.32 Å². The van der Waals surface area contributed by atoms with Crippen LogP contribution < -0.4 is 5.32 Å². The molecular formula is C18H23ClN2O2S. The quantitative estimate of drug-likeness (QED) is 0.878. The van der Waals surface area contributed by atoms with E-state index in [0.29, 0.717) is 21.8 Å². The van der Waals surface area contributed by atoms with Crippen LogP contribution in [0.4, 0.5) is 0 Å². The molecule has 2 aromatic carbocycles. The van der Waals surface area contributed by atoms with Gasteiger partial charge in [0.15, 0.2) is 0 Å². The lowest BCUT2D eigenvalue weighted by Gasteiger charge is -2.33. The van der Waals surface area contributed by atoms with Gasteiger partial charge in [-0.3, -0.25) is 0 Å². The molecule has 0 unspecified atom stereocenters. The average molecular weight is 367 g/mol. The monoisotopic (exact) mass is 366 g/mol. The lowest BCUT2D eigenvalue weighted by molar-refractivity contribution is 0.262. The fourth-order valence-corrected chi connectivity index (χ4v) is 5.60. The minimum absolute atomic E-state index is 0.0608. The number of sulfonamides is 1. The van der Waals surface area contributed by atoms with Crippen LogP contribution in [-0.2, 0) is 10.0 Å². The van der Waals surface area contributed by atoms with Gasteiger partial charge in [0, 0.05) is 28.4 Å². The van der Waals surface area contributed by atoms with Crippen molar-refractivity contribution in [1.82, 2.24) is 9.62 Å². The van der Waals surface area contributed by atoms with E-state index in [4.69, 9.17) is 11.6 Å². The highest BCUT2D eigenvalue weighted by Gasteiger charge is 2.32. The highest BCUT2D eigenvalue weighted by Crippen LogP contribution is 2.32. The van der Waals surface area contributed by atoms with Crippen molar-refractivity contribution in [2.75, 3.05) is 19.6 Å². The third-order valence-electron chi connectivity index (χ3n) is 4.58. The number of nitrogens with zero attached hydrogens (tertiary/aromatic N) is 1. The first kappa shape index (κ1) is 17.7. The molecule has 0 radical (unpaired) electrons. The van der Waals surface area contributed by atoms with Crippen LogP contribution in [0.25, 0.3) is 10.8 Å². The maximum absolute atomic E-state index is 13.4. The van der Waals surface area contributed by atoms with Crippen LogP contribution in [0.3, 0.4) is 0 Å². The summed E-state index contributed by atoms with van der Waals surface area (Å²) in [5, 5.41) is 5.35. The normalized spacial score (nSPS) is 16.8. The van der Waals surface area contributed by atoms with Crippen molar-refractivity contribution in [3.63, 3.8) is 0 Å². The molecule has 24 heavy (non-hydrogen) atoms. The molecule has 1 fully saturated rings. The number of nitrogens with one attached hydrogen (secondary N) is 1. The van der Waals surface area contributed by atoms with Crippen molar-refractivity contribution < 1.29 is 8.42 Å². The number of hydrogen-bond donors (Lipinski definition) is 1. The molecule has 0 atom stereocenters. The molecule has 1 N–H and O–H groups in total. The highest BCUT2D eigenvalue weighted by molar-refractivity contribution is 7.89. The zero-order chi connectivity index (χ0) is 17.2. The molecule has 1 heterocycles. The molecule has 0 saturated carbocycles. The summed E-state index contributed by atoms with van der Waals surface area (Å²) < 4.78 is 28.5. The Morgan fingerprint density at radius 2 is 1.79 bits per heavy atom. The third-order valence-corrected chi connectivity index (χ3v) is 6.92. The second-order valence-electron chi connectivity index (χ2n) is 6.19. The van der Waals surface area contributed by atoms with Gasteiger partial charge in [-0.2, -0.15) is 4.31 Å². The van der Waals surface area contributed by atoms with Crippen LogP contribution in [0.15, 0.2) is 41.3 Å². The molecule has 6 heteroatoms. The van der Waals surface area contributed by atoms with Gasteiger partial charge in [-0.15, -0.1) is 0 Å². The summed E-state index contributed by atoms with van der Waals surface area (Å²) in [6.07, 6.45) is 2.50. The SMILES string of the molecule is CCCN(C1CCNCC1)S(=O)(=O)c1ccc(Cl)c2ccccc12. The molecule has 0 aliphatic carbocycles. The largest absolute Gasteiger partial charge is 0.317 e. The van der Waals surface area contributed by atoms with E-state index in [0.717, 1.165) is 37.7 Å². The smallest absolute Gasteiger partial charge is 0.243 e. The Kier molecular flexibility index (Phi) is 5.45. The van der Waals surface area contributed by atoms with Crippen molar-refractivity contribution in [1.29, 1.82) is 0 Å². The van der Waals surface area contributed by atoms with Gasteiger partial charge in [0.25, 0.3) is 0 Å². The van der Waals surface area contributed by atoms with Gasteiger partial charge in [0.05, 0.1) is 4.90 Å². The number of fused-ring (bicyclic) bond motifs is 1. The summed E-state index contributed by atoms with van der Waals surface area (Å²) in [6, 6.07) is 10.8. The highest BCUT2D eigenvalue weighted by atomic mass is 35.5. The maximum Gasteiger partial charge on any atom is 0.243 e. The van der Waals surface area contributed by atoms with E-state index >= 15 is 0 Å². The van der Waals surface area contributed by atoms with Gasteiger partial charge in [-0.25, -0.2) is 8.42 Å². The Hall–Kier alpha value is -1.14. The lowest BCUT2D eigenvalue weighted by Crippen LogP contribution is -2.46. The third kappa shape index (κ3) is 3.31. The summed E-state index contributed by atoms with van der Waals surface area (Å²) in [5.74, 6) is 0. The van der Waals surface area contributed by atoms with Crippen molar-refractivity contribution in [3.05, 3.63) is 41.4 Å². The topological polar surface area (TPSA) is 49.4 Å². The number of hydrogen-bond acceptors (Lipinski definition) is 3. The fraction of sp³-hybridized carbons (Fsp3) is 0.444. The molecular weight excluding hydrogens is 344 g/mol. The van der Waals surface area contributed by atoms with Crippen LogP contribution >= 0.6 is 11.6 Å². The van der Waals surface area contributed by atoms with E-state index in [9.17, 15) is 8.42 Å². The summed E-state index contributed by atoms with van der Waals surface area (Å²) in [4.78, 5) is 0.356.